The maximum atomic E-state index is 12.5. The van der Waals surface area contributed by atoms with Gasteiger partial charge in [0.25, 0.3) is 5.91 Å². The fourth-order valence-corrected chi connectivity index (χ4v) is 3.49. The number of piperazine rings is 1. The minimum atomic E-state index is -0.135. The molecule has 8 heteroatoms. The predicted octanol–water partition coefficient (Wildman–Crippen LogP) is 2.93. The van der Waals surface area contributed by atoms with E-state index in [2.05, 4.69) is 47.7 Å². The van der Waals surface area contributed by atoms with E-state index in [-0.39, 0.29) is 42.3 Å². The zero-order valence-corrected chi connectivity index (χ0v) is 20.3. The van der Waals surface area contributed by atoms with Crippen LogP contribution in [0.4, 0.5) is 5.69 Å². The van der Waals surface area contributed by atoms with Gasteiger partial charge in [0.2, 0.25) is 5.91 Å². The lowest BCUT2D eigenvalue weighted by Gasteiger charge is -2.26. The summed E-state index contributed by atoms with van der Waals surface area (Å²) in [5.74, 6) is 0.105. The number of amides is 2. The molecule has 3 rings (SSSR count). The number of carbonyl (C=O) groups excluding carboxylic acids is 2. The van der Waals surface area contributed by atoms with Gasteiger partial charge in [-0.15, -0.1) is 24.0 Å². The summed E-state index contributed by atoms with van der Waals surface area (Å²) in [6.07, 6.45) is 1.83. The molecule has 1 aliphatic heterocycles. The Morgan fingerprint density at radius 2 is 1.77 bits per heavy atom. The maximum absolute atomic E-state index is 12.5. The Morgan fingerprint density at radius 1 is 1.13 bits per heavy atom. The van der Waals surface area contributed by atoms with E-state index in [4.69, 9.17) is 5.73 Å². The molecule has 0 spiro atoms. The lowest BCUT2D eigenvalue weighted by molar-refractivity contribution is -0.123. The van der Waals surface area contributed by atoms with Crippen LogP contribution in [0, 0.1) is 0 Å². The number of nitrogens with two attached hydrogens (primary N) is 1. The van der Waals surface area contributed by atoms with Crippen LogP contribution in [0.3, 0.4) is 0 Å². The van der Waals surface area contributed by atoms with Crippen LogP contribution in [0.15, 0.2) is 47.5 Å². The molecule has 0 aromatic heterocycles. The zero-order chi connectivity index (χ0) is 21.5. The Morgan fingerprint density at radius 3 is 2.35 bits per heavy atom. The van der Waals surface area contributed by atoms with Crippen molar-refractivity contribution in [2.75, 3.05) is 25.0 Å². The molecule has 7 nitrogen and oxygen atoms in total. The van der Waals surface area contributed by atoms with Crippen molar-refractivity contribution in [1.82, 2.24) is 10.2 Å². The van der Waals surface area contributed by atoms with E-state index in [9.17, 15) is 9.59 Å². The summed E-state index contributed by atoms with van der Waals surface area (Å²) in [6.45, 7) is 5.77. The molecular formula is C23H30IN5O2. The Balaban J connectivity index is 0.00000341. The van der Waals surface area contributed by atoms with Crippen LogP contribution in [0.5, 0.6) is 0 Å². The van der Waals surface area contributed by atoms with Crippen LogP contribution in [0.1, 0.15) is 40.9 Å². The molecule has 0 saturated carbocycles. The molecule has 0 atom stereocenters. The van der Waals surface area contributed by atoms with Gasteiger partial charge in [-0.25, -0.2) is 4.99 Å². The molecule has 1 heterocycles. The van der Waals surface area contributed by atoms with Gasteiger partial charge >= 0.3 is 0 Å². The van der Waals surface area contributed by atoms with Gasteiger partial charge in [-0.2, -0.15) is 0 Å². The van der Waals surface area contributed by atoms with Gasteiger partial charge < -0.3 is 21.3 Å². The molecule has 1 aliphatic rings. The van der Waals surface area contributed by atoms with Gasteiger partial charge in [-0.1, -0.05) is 44.2 Å². The Hall–Kier alpha value is -2.62. The van der Waals surface area contributed by atoms with E-state index in [1.165, 1.54) is 11.1 Å². The third kappa shape index (κ3) is 6.43. The summed E-state index contributed by atoms with van der Waals surface area (Å²) in [6, 6.07) is 13.5. The molecule has 4 N–H and O–H groups in total. The number of guanidine groups is 1. The highest BCUT2D eigenvalue weighted by molar-refractivity contribution is 14.0. The number of rotatable bonds is 6. The molecule has 2 aromatic carbocycles. The van der Waals surface area contributed by atoms with E-state index in [0.29, 0.717) is 31.2 Å². The number of anilines is 1. The largest absolute Gasteiger partial charge is 0.370 e. The van der Waals surface area contributed by atoms with Gasteiger partial charge in [0, 0.05) is 24.3 Å². The number of hydrogen-bond acceptors (Lipinski definition) is 3. The highest BCUT2D eigenvalue weighted by Crippen LogP contribution is 2.22. The van der Waals surface area contributed by atoms with Crippen molar-refractivity contribution in [3.8, 4) is 0 Å². The maximum Gasteiger partial charge on any atom is 0.254 e. The first-order valence-electron chi connectivity index (χ1n) is 10.3. The minimum Gasteiger partial charge on any atom is -0.370 e. The number of aryl methyl sites for hydroxylation is 2. The van der Waals surface area contributed by atoms with E-state index in [1.807, 2.05) is 12.1 Å². The zero-order valence-electron chi connectivity index (χ0n) is 18.0. The first-order chi connectivity index (χ1) is 14.5. The first-order valence-corrected chi connectivity index (χ1v) is 10.3. The van der Waals surface area contributed by atoms with Gasteiger partial charge in [0.05, 0.1) is 13.1 Å². The van der Waals surface area contributed by atoms with Crippen LogP contribution >= 0.6 is 24.0 Å². The number of benzene rings is 2. The van der Waals surface area contributed by atoms with E-state index >= 15 is 0 Å². The van der Waals surface area contributed by atoms with Crippen LogP contribution in [-0.4, -0.2) is 42.3 Å². The van der Waals surface area contributed by atoms with Gasteiger partial charge in [0.1, 0.15) is 0 Å². The number of hydrogen-bond donors (Lipinski definition) is 3. The fourth-order valence-electron chi connectivity index (χ4n) is 3.49. The molecule has 2 amide bonds. The summed E-state index contributed by atoms with van der Waals surface area (Å²) < 4.78 is 0. The van der Waals surface area contributed by atoms with Crippen molar-refractivity contribution in [1.29, 1.82) is 0 Å². The lowest BCUT2D eigenvalue weighted by Crippen LogP contribution is -2.49. The summed E-state index contributed by atoms with van der Waals surface area (Å²) in [5.41, 5.74) is 11.1. The van der Waals surface area contributed by atoms with E-state index in [1.54, 1.807) is 17.0 Å². The van der Waals surface area contributed by atoms with Crippen LogP contribution < -0.4 is 16.4 Å². The number of nitrogens with one attached hydrogen (secondary N) is 2. The van der Waals surface area contributed by atoms with E-state index in [0.717, 1.165) is 24.1 Å². The molecule has 2 aromatic rings. The quantitative estimate of drug-likeness (QED) is 0.301. The molecule has 166 valence electrons. The smallest absolute Gasteiger partial charge is 0.254 e. The number of halogens is 1. The van der Waals surface area contributed by atoms with Crippen LogP contribution in [-0.2, 0) is 24.2 Å². The van der Waals surface area contributed by atoms with Crippen molar-refractivity contribution in [2.45, 2.75) is 33.2 Å². The topological polar surface area (TPSA) is 99.8 Å². The number of nitrogens with zero attached hydrogens (tertiary/aromatic N) is 2. The molecule has 0 bridgehead atoms. The van der Waals surface area contributed by atoms with Gasteiger partial charge in [0.15, 0.2) is 5.96 Å². The molecular weight excluding hydrogens is 505 g/mol. The second kappa shape index (κ2) is 11.7. The first kappa shape index (κ1) is 24.6. The average Bonchev–Trinajstić information content (AvgIpc) is 2.77. The predicted molar refractivity (Wildman–Crippen MR) is 135 cm³/mol. The second-order valence-electron chi connectivity index (χ2n) is 7.26. The average molecular weight is 535 g/mol. The molecule has 0 aliphatic carbocycles. The van der Waals surface area contributed by atoms with Crippen LogP contribution in [0.2, 0.25) is 0 Å². The standard InChI is InChI=1S/C23H29N5O2.HI/c1-3-17-6-5-7-18(4-2)21(17)27-23(24)26-14-16-8-10-19(11-9-16)22(30)28-13-12-25-20(29)15-28;/h5-11H,3-4,12-15H2,1-2H3,(H,25,29)(H3,24,26,27);1H. The summed E-state index contributed by atoms with van der Waals surface area (Å²) in [4.78, 5) is 30.0. The molecule has 0 radical (unpaired) electrons. The van der Waals surface area contributed by atoms with Crippen molar-refractivity contribution >= 4 is 47.4 Å². The van der Waals surface area contributed by atoms with Crippen molar-refractivity contribution in [2.24, 2.45) is 10.7 Å². The normalized spacial score (nSPS) is 13.9. The molecule has 0 unspecified atom stereocenters. The van der Waals surface area contributed by atoms with Gasteiger partial charge in [-0.05, 0) is 41.7 Å². The fraction of sp³-hybridized carbons (Fsp3) is 0.348. The second-order valence-corrected chi connectivity index (χ2v) is 7.26. The van der Waals surface area contributed by atoms with Crippen molar-refractivity contribution < 1.29 is 9.59 Å². The third-order valence-electron chi connectivity index (χ3n) is 5.21. The van der Waals surface area contributed by atoms with Crippen LogP contribution in [0.25, 0.3) is 0 Å². The Labute approximate surface area is 200 Å². The number of aliphatic imine (C=N–C) groups is 1. The third-order valence-corrected chi connectivity index (χ3v) is 5.21. The summed E-state index contributed by atoms with van der Waals surface area (Å²) in [5, 5.41) is 5.98. The monoisotopic (exact) mass is 535 g/mol. The summed E-state index contributed by atoms with van der Waals surface area (Å²) >= 11 is 0. The lowest BCUT2D eigenvalue weighted by atomic mass is 10.0. The highest BCUT2D eigenvalue weighted by Gasteiger charge is 2.22. The summed E-state index contributed by atoms with van der Waals surface area (Å²) in [7, 11) is 0. The minimum absolute atomic E-state index is 0. The molecule has 1 saturated heterocycles. The SMILES string of the molecule is CCc1cccc(CC)c1NC(N)=NCc1ccc(C(=O)N2CCNC(=O)C2)cc1.I. The molecule has 31 heavy (non-hydrogen) atoms. The van der Waals surface area contributed by atoms with E-state index < -0.39 is 0 Å². The number of para-hydroxylation sites is 1. The van der Waals surface area contributed by atoms with Gasteiger partial charge in [-0.3, -0.25) is 9.59 Å². The Kier molecular flexibility index (Phi) is 9.29. The molecule has 1 fully saturated rings. The van der Waals surface area contributed by atoms with Crippen molar-refractivity contribution in [3.63, 3.8) is 0 Å². The highest BCUT2D eigenvalue weighted by atomic mass is 127. The number of carbonyl (C=O) groups is 2. The van der Waals surface area contributed by atoms with Crippen molar-refractivity contribution in [3.05, 3.63) is 64.7 Å². The Bertz CT molecular complexity index is 921.